The van der Waals surface area contributed by atoms with Crippen molar-refractivity contribution < 1.29 is 4.74 Å². The van der Waals surface area contributed by atoms with Gasteiger partial charge in [-0.1, -0.05) is 224 Å². The second-order valence-corrected chi connectivity index (χ2v) is 16.7. The summed E-state index contributed by atoms with van der Waals surface area (Å²) in [7, 11) is 0. The SMILES string of the molecule is c1ccc(-c2ccccc2N(c2ccc3c(c2)OC(c2ccccc2)(c2ccccc2)c2ccccc2-3)c2ccc3c(c2)C(c2ccccc2)(c2ccccc2)c2ccccc2-3)cc1. The molecule has 1 heterocycles. The number of para-hydroxylation sites is 1. The lowest BCUT2D eigenvalue weighted by molar-refractivity contribution is 0.152. The van der Waals surface area contributed by atoms with E-state index >= 15 is 0 Å². The van der Waals surface area contributed by atoms with Crippen molar-refractivity contribution in [2.75, 3.05) is 4.90 Å². The number of fused-ring (bicyclic) bond motifs is 6. The minimum absolute atomic E-state index is 0.553. The third kappa shape index (κ3) is 5.73. The number of anilines is 3. The van der Waals surface area contributed by atoms with Crippen LogP contribution >= 0.6 is 0 Å². The Morgan fingerprint density at radius 1 is 0.297 bits per heavy atom. The molecule has 0 saturated heterocycles. The molecule has 0 N–H and O–H groups in total. The summed E-state index contributed by atoms with van der Waals surface area (Å²) in [4.78, 5) is 2.43. The molecule has 2 nitrogen and oxygen atoms in total. The summed E-state index contributed by atoms with van der Waals surface area (Å²) in [6, 6.07) is 94.5. The van der Waals surface area contributed by atoms with Crippen molar-refractivity contribution >= 4 is 17.1 Å². The summed E-state index contributed by atoms with van der Waals surface area (Å²) in [6.07, 6.45) is 0. The van der Waals surface area contributed by atoms with Crippen LogP contribution in [0.15, 0.2) is 261 Å². The molecule has 0 bridgehead atoms. The third-order valence-electron chi connectivity index (χ3n) is 13.4. The Balaban J connectivity index is 1.13. The Kier molecular flexibility index (Phi) is 8.98. The van der Waals surface area contributed by atoms with Gasteiger partial charge in [0, 0.05) is 45.3 Å². The van der Waals surface area contributed by atoms with Gasteiger partial charge in [0.15, 0.2) is 5.60 Å². The standard InChI is InChI=1S/C62H43NO/c1-6-22-44(23-7-1)51-32-18-21-37-59(51)63(49-38-40-54-52-33-16-19-35-56(52)61(58(54)42-49,45-24-8-2-9-25-45)46-26-10-3-11-27-46)50-39-41-55-53-34-17-20-36-57(53)62(64-60(55)43-50,47-28-12-4-13-29-47)48-30-14-5-15-31-48/h1-43H. The molecule has 1 aliphatic heterocycles. The average molecular weight is 818 g/mol. The first-order valence-corrected chi connectivity index (χ1v) is 22.1. The quantitative estimate of drug-likeness (QED) is 0.151. The van der Waals surface area contributed by atoms with Crippen molar-refractivity contribution in [3.8, 4) is 39.1 Å². The molecule has 0 radical (unpaired) electrons. The number of benzene rings is 10. The molecule has 64 heavy (non-hydrogen) atoms. The van der Waals surface area contributed by atoms with Gasteiger partial charge in [-0.05, 0) is 74.8 Å². The fourth-order valence-corrected chi connectivity index (χ4v) is 10.7. The molecular formula is C62H43NO. The van der Waals surface area contributed by atoms with Crippen LogP contribution in [-0.4, -0.2) is 0 Å². The fraction of sp³-hybridized carbons (Fsp3) is 0.0323. The highest BCUT2D eigenvalue weighted by atomic mass is 16.5. The minimum atomic E-state index is -0.887. The van der Waals surface area contributed by atoms with E-state index in [1.165, 1.54) is 33.4 Å². The lowest BCUT2D eigenvalue weighted by Crippen LogP contribution is -2.38. The Labute approximate surface area is 375 Å². The van der Waals surface area contributed by atoms with Crippen molar-refractivity contribution in [3.63, 3.8) is 0 Å². The van der Waals surface area contributed by atoms with Gasteiger partial charge < -0.3 is 9.64 Å². The zero-order chi connectivity index (χ0) is 42.5. The Morgan fingerprint density at radius 2 is 0.719 bits per heavy atom. The molecule has 10 aromatic carbocycles. The molecule has 0 aromatic heterocycles. The van der Waals surface area contributed by atoms with Crippen LogP contribution < -0.4 is 9.64 Å². The molecule has 0 atom stereocenters. The monoisotopic (exact) mass is 817 g/mol. The van der Waals surface area contributed by atoms with Crippen LogP contribution in [0.2, 0.25) is 0 Å². The van der Waals surface area contributed by atoms with Crippen molar-refractivity contribution in [3.05, 3.63) is 300 Å². The highest BCUT2D eigenvalue weighted by Crippen LogP contribution is 2.58. The summed E-state index contributed by atoms with van der Waals surface area (Å²) in [5, 5.41) is 0. The number of rotatable bonds is 8. The molecular weight excluding hydrogens is 775 g/mol. The van der Waals surface area contributed by atoms with Crippen molar-refractivity contribution in [2.24, 2.45) is 0 Å². The summed E-state index contributed by atoms with van der Waals surface area (Å²) in [5.74, 6) is 0.822. The number of ether oxygens (including phenoxy) is 1. The summed E-state index contributed by atoms with van der Waals surface area (Å²) in [5.41, 5.74) is 17.0. The predicted molar refractivity (Wildman–Crippen MR) is 263 cm³/mol. The van der Waals surface area contributed by atoms with Crippen molar-refractivity contribution in [1.82, 2.24) is 0 Å². The summed E-state index contributed by atoms with van der Waals surface area (Å²) < 4.78 is 7.63. The first-order valence-electron chi connectivity index (χ1n) is 22.1. The van der Waals surface area contributed by atoms with Gasteiger partial charge in [-0.25, -0.2) is 0 Å². The van der Waals surface area contributed by atoms with E-state index in [2.05, 4.69) is 266 Å². The van der Waals surface area contributed by atoms with E-state index in [0.29, 0.717) is 0 Å². The van der Waals surface area contributed by atoms with Crippen LogP contribution in [-0.2, 0) is 11.0 Å². The van der Waals surface area contributed by atoms with Gasteiger partial charge in [-0.3, -0.25) is 0 Å². The van der Waals surface area contributed by atoms with Crippen LogP contribution in [0.3, 0.4) is 0 Å². The topological polar surface area (TPSA) is 12.5 Å². The number of hydrogen-bond donors (Lipinski definition) is 0. The van der Waals surface area contributed by atoms with Gasteiger partial charge >= 0.3 is 0 Å². The van der Waals surface area contributed by atoms with Gasteiger partial charge in [0.1, 0.15) is 5.75 Å². The zero-order valence-electron chi connectivity index (χ0n) is 35.2. The van der Waals surface area contributed by atoms with Crippen LogP contribution in [0.1, 0.15) is 38.9 Å². The largest absolute Gasteiger partial charge is 0.472 e. The van der Waals surface area contributed by atoms with Gasteiger partial charge in [-0.15, -0.1) is 0 Å². The number of nitrogens with zero attached hydrogens (tertiary/aromatic N) is 1. The predicted octanol–water partition coefficient (Wildman–Crippen LogP) is 15.5. The minimum Gasteiger partial charge on any atom is -0.472 e. The van der Waals surface area contributed by atoms with Crippen LogP contribution in [0, 0.1) is 0 Å². The van der Waals surface area contributed by atoms with E-state index in [0.717, 1.165) is 61.8 Å². The van der Waals surface area contributed by atoms with Crippen molar-refractivity contribution in [1.29, 1.82) is 0 Å². The summed E-state index contributed by atoms with van der Waals surface area (Å²) >= 11 is 0. The molecule has 0 unspecified atom stereocenters. The highest BCUT2D eigenvalue weighted by molar-refractivity contribution is 5.93. The van der Waals surface area contributed by atoms with E-state index in [1.807, 2.05) is 0 Å². The Morgan fingerprint density at radius 3 is 1.31 bits per heavy atom. The van der Waals surface area contributed by atoms with Crippen LogP contribution in [0.5, 0.6) is 5.75 Å². The maximum Gasteiger partial charge on any atom is 0.185 e. The van der Waals surface area contributed by atoms with Crippen LogP contribution in [0.25, 0.3) is 33.4 Å². The van der Waals surface area contributed by atoms with E-state index < -0.39 is 11.0 Å². The zero-order valence-corrected chi connectivity index (χ0v) is 35.2. The summed E-state index contributed by atoms with van der Waals surface area (Å²) in [6.45, 7) is 0. The van der Waals surface area contributed by atoms with Gasteiger partial charge in [-0.2, -0.15) is 0 Å². The second kappa shape index (κ2) is 15.3. The molecule has 12 rings (SSSR count). The van der Waals surface area contributed by atoms with E-state index in [-0.39, 0.29) is 0 Å². The van der Waals surface area contributed by atoms with E-state index in [1.54, 1.807) is 0 Å². The molecule has 302 valence electrons. The maximum absolute atomic E-state index is 7.63. The van der Waals surface area contributed by atoms with E-state index in [4.69, 9.17) is 4.74 Å². The molecule has 10 aromatic rings. The molecule has 0 amide bonds. The molecule has 0 saturated carbocycles. The Hall–Kier alpha value is -8.20. The van der Waals surface area contributed by atoms with Gasteiger partial charge in [0.05, 0.1) is 11.1 Å². The first kappa shape index (κ1) is 37.6. The van der Waals surface area contributed by atoms with Crippen LogP contribution in [0.4, 0.5) is 17.1 Å². The number of hydrogen-bond acceptors (Lipinski definition) is 2. The lowest BCUT2D eigenvalue weighted by atomic mass is 9.67. The third-order valence-corrected chi connectivity index (χ3v) is 13.4. The fourth-order valence-electron chi connectivity index (χ4n) is 10.7. The maximum atomic E-state index is 7.63. The highest BCUT2D eigenvalue weighted by Gasteiger charge is 2.47. The molecule has 1 aliphatic carbocycles. The first-order chi connectivity index (χ1) is 31.7. The normalized spacial score (nSPS) is 13.7. The molecule has 0 spiro atoms. The van der Waals surface area contributed by atoms with Gasteiger partial charge in [0.25, 0.3) is 0 Å². The van der Waals surface area contributed by atoms with Crippen molar-refractivity contribution in [2.45, 2.75) is 11.0 Å². The Bertz CT molecular complexity index is 3210. The molecule has 2 heteroatoms. The average Bonchev–Trinajstić information content (AvgIpc) is 3.68. The van der Waals surface area contributed by atoms with E-state index in [9.17, 15) is 0 Å². The second-order valence-electron chi connectivity index (χ2n) is 16.7. The molecule has 2 aliphatic rings. The lowest BCUT2D eigenvalue weighted by Gasteiger charge is -2.42. The molecule has 0 fully saturated rings. The van der Waals surface area contributed by atoms with Gasteiger partial charge in [0.2, 0.25) is 0 Å². The smallest absolute Gasteiger partial charge is 0.185 e.